The van der Waals surface area contributed by atoms with E-state index < -0.39 is 22.9 Å². The van der Waals surface area contributed by atoms with Crippen LogP contribution in [-0.4, -0.2) is 28.0 Å². The Morgan fingerprint density at radius 2 is 1.58 bits per heavy atom. The van der Waals surface area contributed by atoms with Crippen molar-refractivity contribution in [2.75, 3.05) is 0 Å². The van der Waals surface area contributed by atoms with Crippen molar-refractivity contribution in [3.05, 3.63) is 71.8 Å². The minimum absolute atomic E-state index is 0.0938. The van der Waals surface area contributed by atoms with Gasteiger partial charge in [0.05, 0.1) is 0 Å². The Hall–Kier alpha value is -2.47. The molecule has 2 aromatic carbocycles. The molecule has 0 aromatic heterocycles. The number of amides is 1. The number of aliphatic carboxylic acids is 1. The van der Waals surface area contributed by atoms with Crippen LogP contribution in [-0.2, 0) is 21.9 Å². The van der Waals surface area contributed by atoms with Crippen molar-refractivity contribution < 1.29 is 19.4 Å². The molecule has 0 aliphatic heterocycles. The van der Waals surface area contributed by atoms with E-state index in [1.54, 1.807) is 13.8 Å². The van der Waals surface area contributed by atoms with E-state index in [-0.39, 0.29) is 6.61 Å². The Balaban J connectivity index is 1.93. The minimum atomic E-state index is -1.09. The van der Waals surface area contributed by atoms with Gasteiger partial charge in [-0.1, -0.05) is 60.7 Å². The molecule has 0 bridgehead atoms. The van der Waals surface area contributed by atoms with Gasteiger partial charge >= 0.3 is 12.1 Å². The standard InChI is InChI=1S/C20H23NO4S/c1-20(2,26-14-16-11-7-4-8-12-16)17(18(22)23)21-19(24)25-13-15-9-5-3-6-10-15/h3-12,17H,13-14H2,1-2H3,(H,21,24)(H,22,23)/t17-/m1/s1. The number of ether oxygens (including phenoxy) is 1. The first kappa shape index (κ1) is 19.8. The zero-order chi connectivity index (χ0) is 19.0. The van der Waals surface area contributed by atoms with Crippen LogP contribution in [0.5, 0.6) is 0 Å². The number of benzene rings is 2. The normalized spacial score (nSPS) is 12.2. The van der Waals surface area contributed by atoms with Gasteiger partial charge in [-0.15, -0.1) is 11.8 Å². The fraction of sp³-hybridized carbons (Fsp3) is 0.300. The van der Waals surface area contributed by atoms with E-state index in [0.29, 0.717) is 5.75 Å². The molecule has 0 fully saturated rings. The van der Waals surface area contributed by atoms with Gasteiger partial charge in [0.1, 0.15) is 12.6 Å². The van der Waals surface area contributed by atoms with Gasteiger partial charge < -0.3 is 15.2 Å². The number of alkyl carbamates (subject to hydrolysis) is 1. The molecule has 2 rings (SSSR count). The lowest BCUT2D eigenvalue weighted by molar-refractivity contribution is -0.140. The Labute approximate surface area is 157 Å². The third-order valence-electron chi connectivity index (χ3n) is 3.87. The Bertz CT molecular complexity index is 719. The Kier molecular flexibility index (Phi) is 7.09. The van der Waals surface area contributed by atoms with E-state index in [4.69, 9.17) is 4.74 Å². The molecule has 0 saturated heterocycles. The number of hydrogen-bond donors (Lipinski definition) is 2. The van der Waals surface area contributed by atoms with Crippen LogP contribution in [0.15, 0.2) is 60.7 Å². The second-order valence-electron chi connectivity index (χ2n) is 6.36. The van der Waals surface area contributed by atoms with Gasteiger partial charge in [0.2, 0.25) is 0 Å². The number of carboxylic acids is 1. The van der Waals surface area contributed by atoms with Gasteiger partial charge in [-0.3, -0.25) is 0 Å². The summed E-state index contributed by atoms with van der Waals surface area (Å²) >= 11 is 1.47. The summed E-state index contributed by atoms with van der Waals surface area (Å²) in [5, 5.41) is 12.0. The summed E-state index contributed by atoms with van der Waals surface area (Å²) < 4.78 is 4.43. The highest BCUT2D eigenvalue weighted by Gasteiger charge is 2.37. The molecule has 2 N–H and O–H groups in total. The number of hydrogen-bond acceptors (Lipinski definition) is 4. The zero-order valence-corrected chi connectivity index (χ0v) is 15.7. The van der Waals surface area contributed by atoms with Crippen LogP contribution >= 0.6 is 11.8 Å². The van der Waals surface area contributed by atoms with Crippen molar-refractivity contribution >= 4 is 23.8 Å². The molecule has 0 spiro atoms. The van der Waals surface area contributed by atoms with E-state index in [0.717, 1.165) is 11.1 Å². The molecule has 26 heavy (non-hydrogen) atoms. The fourth-order valence-electron chi connectivity index (χ4n) is 2.34. The first-order chi connectivity index (χ1) is 12.4. The number of rotatable bonds is 8. The molecule has 0 unspecified atom stereocenters. The third kappa shape index (κ3) is 6.11. The third-order valence-corrected chi connectivity index (χ3v) is 5.33. The maximum atomic E-state index is 12.0. The van der Waals surface area contributed by atoms with Crippen LogP contribution in [0, 0.1) is 0 Å². The quantitative estimate of drug-likeness (QED) is 0.729. The molecule has 2 aromatic rings. The Morgan fingerprint density at radius 3 is 2.12 bits per heavy atom. The maximum absolute atomic E-state index is 12.0. The van der Waals surface area contributed by atoms with Crippen LogP contribution in [0.4, 0.5) is 4.79 Å². The van der Waals surface area contributed by atoms with Crippen LogP contribution in [0.2, 0.25) is 0 Å². The van der Waals surface area contributed by atoms with E-state index >= 15 is 0 Å². The highest BCUT2D eigenvalue weighted by molar-refractivity contribution is 7.99. The highest BCUT2D eigenvalue weighted by Crippen LogP contribution is 2.31. The number of carbonyl (C=O) groups is 2. The molecule has 6 heteroatoms. The highest BCUT2D eigenvalue weighted by atomic mass is 32.2. The summed E-state index contributed by atoms with van der Waals surface area (Å²) in [6.07, 6.45) is -0.741. The number of carboxylic acid groups (broad SMARTS) is 1. The second-order valence-corrected chi connectivity index (χ2v) is 7.98. The summed E-state index contributed by atoms with van der Waals surface area (Å²) in [4.78, 5) is 23.7. The molecule has 138 valence electrons. The molecule has 0 aliphatic rings. The predicted molar refractivity (Wildman–Crippen MR) is 103 cm³/mol. The van der Waals surface area contributed by atoms with Crippen molar-refractivity contribution in [3.63, 3.8) is 0 Å². The van der Waals surface area contributed by atoms with Crippen molar-refractivity contribution in [1.29, 1.82) is 0 Å². The topological polar surface area (TPSA) is 75.6 Å². The van der Waals surface area contributed by atoms with E-state index in [2.05, 4.69) is 5.32 Å². The smallest absolute Gasteiger partial charge is 0.408 e. The van der Waals surface area contributed by atoms with Gasteiger partial charge in [0.25, 0.3) is 0 Å². The number of carbonyl (C=O) groups excluding carboxylic acids is 1. The molecular formula is C20H23NO4S. The lowest BCUT2D eigenvalue weighted by Crippen LogP contribution is -2.52. The fourth-order valence-corrected chi connectivity index (χ4v) is 3.40. The van der Waals surface area contributed by atoms with Gasteiger partial charge in [0.15, 0.2) is 0 Å². The Morgan fingerprint density at radius 1 is 1.04 bits per heavy atom. The van der Waals surface area contributed by atoms with E-state index in [1.165, 1.54) is 11.8 Å². The van der Waals surface area contributed by atoms with Crippen LogP contribution in [0.1, 0.15) is 25.0 Å². The lowest BCUT2D eigenvalue weighted by Gasteiger charge is -2.31. The summed E-state index contributed by atoms with van der Waals surface area (Å²) in [7, 11) is 0. The van der Waals surface area contributed by atoms with Crippen molar-refractivity contribution in [3.8, 4) is 0 Å². The molecule has 1 atom stereocenters. The monoisotopic (exact) mass is 373 g/mol. The zero-order valence-electron chi connectivity index (χ0n) is 14.8. The molecule has 0 aliphatic carbocycles. The van der Waals surface area contributed by atoms with Crippen molar-refractivity contribution in [2.45, 2.75) is 37.0 Å². The molecule has 0 radical (unpaired) electrons. The number of nitrogens with one attached hydrogen (secondary N) is 1. The second kappa shape index (κ2) is 9.29. The number of thioether (sulfide) groups is 1. The molecular weight excluding hydrogens is 350 g/mol. The van der Waals surface area contributed by atoms with Crippen LogP contribution in [0.25, 0.3) is 0 Å². The molecule has 1 amide bonds. The first-order valence-corrected chi connectivity index (χ1v) is 9.25. The van der Waals surface area contributed by atoms with E-state index in [9.17, 15) is 14.7 Å². The summed E-state index contributed by atoms with van der Waals surface area (Å²) in [6, 6.07) is 18.0. The average Bonchev–Trinajstić information content (AvgIpc) is 2.64. The van der Waals surface area contributed by atoms with Gasteiger partial charge in [-0.25, -0.2) is 9.59 Å². The SMILES string of the molecule is CC(C)(SCc1ccccc1)[C@H](NC(=O)OCc1ccccc1)C(=O)O. The van der Waals surface area contributed by atoms with Crippen molar-refractivity contribution in [2.24, 2.45) is 0 Å². The lowest BCUT2D eigenvalue weighted by atomic mass is 10.0. The summed E-state index contributed by atoms with van der Waals surface area (Å²) in [5.74, 6) is -0.439. The van der Waals surface area contributed by atoms with Gasteiger partial charge in [0, 0.05) is 10.5 Å². The summed E-state index contributed by atoms with van der Waals surface area (Å²) in [6.45, 7) is 3.70. The van der Waals surface area contributed by atoms with E-state index in [1.807, 2.05) is 60.7 Å². The molecule has 0 heterocycles. The van der Waals surface area contributed by atoms with Crippen LogP contribution in [0.3, 0.4) is 0 Å². The minimum Gasteiger partial charge on any atom is -0.480 e. The first-order valence-electron chi connectivity index (χ1n) is 8.26. The average molecular weight is 373 g/mol. The summed E-state index contributed by atoms with van der Waals surface area (Å²) in [5.41, 5.74) is 1.94. The molecule has 0 saturated carbocycles. The maximum Gasteiger partial charge on any atom is 0.408 e. The van der Waals surface area contributed by atoms with Gasteiger partial charge in [-0.05, 0) is 25.0 Å². The van der Waals surface area contributed by atoms with Crippen molar-refractivity contribution in [1.82, 2.24) is 5.32 Å². The predicted octanol–water partition coefficient (Wildman–Crippen LogP) is 4.08. The largest absolute Gasteiger partial charge is 0.480 e. The molecule has 5 nitrogen and oxygen atoms in total. The van der Waals surface area contributed by atoms with Crippen LogP contribution < -0.4 is 5.32 Å². The van der Waals surface area contributed by atoms with Gasteiger partial charge in [-0.2, -0.15) is 0 Å².